The van der Waals surface area contributed by atoms with E-state index >= 15 is 0 Å². The Kier molecular flexibility index (Phi) is 3.43. The number of primary amides is 1. The summed E-state index contributed by atoms with van der Waals surface area (Å²) in [6.07, 6.45) is 1.69. The number of carbonyl (C=O) groups is 1. The van der Waals surface area contributed by atoms with E-state index in [9.17, 15) is 4.79 Å². The largest absolute Gasteiger partial charge is 0.351 e. The Balaban J connectivity index is 1.89. The molecule has 6 nitrogen and oxygen atoms in total. The van der Waals surface area contributed by atoms with Gasteiger partial charge >= 0.3 is 6.03 Å². The molecule has 0 saturated carbocycles. The Labute approximate surface area is 124 Å². The fraction of sp³-hybridized carbons (Fsp3) is 0.308. The fourth-order valence-corrected chi connectivity index (χ4v) is 2.80. The maximum absolute atomic E-state index is 11.4. The second kappa shape index (κ2) is 5.24. The molecular formula is C13H13BrN4O2. The molecule has 20 heavy (non-hydrogen) atoms. The number of likely N-dealkylation sites (tertiary alicyclic amines) is 1. The van der Waals surface area contributed by atoms with Crippen LogP contribution in [0.2, 0.25) is 0 Å². The van der Waals surface area contributed by atoms with E-state index in [-0.39, 0.29) is 6.04 Å². The lowest BCUT2D eigenvalue weighted by molar-refractivity contribution is 0.189. The van der Waals surface area contributed by atoms with E-state index < -0.39 is 6.03 Å². The number of benzene rings is 1. The molecule has 1 atom stereocenters. The van der Waals surface area contributed by atoms with Crippen LogP contribution in [0.1, 0.15) is 24.8 Å². The quantitative estimate of drug-likeness (QED) is 0.913. The molecule has 0 aliphatic carbocycles. The number of urea groups is 1. The summed E-state index contributed by atoms with van der Waals surface area (Å²) in [7, 11) is 0. The number of nitrogens with zero attached hydrogens (tertiary/aromatic N) is 3. The van der Waals surface area contributed by atoms with Crippen LogP contribution in [0.4, 0.5) is 4.79 Å². The van der Waals surface area contributed by atoms with E-state index in [1.807, 2.05) is 24.3 Å². The second-order valence-electron chi connectivity index (χ2n) is 4.66. The molecule has 7 heteroatoms. The Morgan fingerprint density at radius 1 is 1.50 bits per heavy atom. The van der Waals surface area contributed by atoms with Crippen LogP contribution >= 0.6 is 15.9 Å². The first-order chi connectivity index (χ1) is 9.65. The van der Waals surface area contributed by atoms with Crippen molar-refractivity contribution in [3.63, 3.8) is 0 Å². The lowest BCUT2D eigenvalue weighted by atomic mass is 10.2. The van der Waals surface area contributed by atoms with Crippen LogP contribution in [0.15, 0.2) is 33.3 Å². The van der Waals surface area contributed by atoms with Gasteiger partial charge in [-0.2, -0.15) is 4.98 Å². The van der Waals surface area contributed by atoms with Crippen LogP contribution < -0.4 is 5.73 Å². The summed E-state index contributed by atoms with van der Waals surface area (Å²) in [5, 5.41) is 3.98. The maximum Gasteiger partial charge on any atom is 0.315 e. The highest BCUT2D eigenvalue weighted by atomic mass is 79.9. The third kappa shape index (κ3) is 2.40. The average molecular weight is 337 g/mol. The summed E-state index contributed by atoms with van der Waals surface area (Å²) < 4.78 is 6.24. The van der Waals surface area contributed by atoms with Crippen LogP contribution in [0.5, 0.6) is 0 Å². The molecule has 2 heterocycles. The molecule has 0 bridgehead atoms. The van der Waals surface area contributed by atoms with Crippen molar-refractivity contribution in [1.82, 2.24) is 15.0 Å². The molecule has 0 spiro atoms. The van der Waals surface area contributed by atoms with Gasteiger partial charge in [0.2, 0.25) is 11.7 Å². The molecule has 1 fully saturated rings. The molecule has 0 radical (unpaired) electrons. The van der Waals surface area contributed by atoms with Crippen molar-refractivity contribution in [3.05, 3.63) is 34.6 Å². The maximum atomic E-state index is 11.4. The molecule has 2 aromatic rings. The number of nitrogens with two attached hydrogens (primary N) is 1. The van der Waals surface area contributed by atoms with Gasteiger partial charge in [-0.15, -0.1) is 0 Å². The minimum atomic E-state index is -0.449. The first-order valence-electron chi connectivity index (χ1n) is 6.31. The molecule has 1 aromatic heterocycles. The van der Waals surface area contributed by atoms with Gasteiger partial charge in [0, 0.05) is 16.6 Å². The minimum absolute atomic E-state index is 0.207. The smallest absolute Gasteiger partial charge is 0.315 e. The minimum Gasteiger partial charge on any atom is -0.351 e. The number of rotatable bonds is 2. The molecule has 1 saturated heterocycles. The highest BCUT2D eigenvalue weighted by Gasteiger charge is 2.33. The summed E-state index contributed by atoms with van der Waals surface area (Å²) in [4.78, 5) is 17.3. The zero-order valence-corrected chi connectivity index (χ0v) is 12.2. The summed E-state index contributed by atoms with van der Waals surface area (Å²) >= 11 is 3.41. The average Bonchev–Trinajstić information content (AvgIpc) is 3.07. The van der Waals surface area contributed by atoms with Gasteiger partial charge in [-0.05, 0) is 25.0 Å². The van der Waals surface area contributed by atoms with Crippen molar-refractivity contribution < 1.29 is 9.32 Å². The molecular weight excluding hydrogens is 324 g/mol. The lowest BCUT2D eigenvalue weighted by Crippen LogP contribution is -2.35. The van der Waals surface area contributed by atoms with E-state index in [4.69, 9.17) is 10.3 Å². The summed E-state index contributed by atoms with van der Waals surface area (Å²) in [5.41, 5.74) is 6.21. The van der Waals surface area contributed by atoms with Crippen molar-refractivity contribution in [2.75, 3.05) is 6.54 Å². The number of halogens is 1. The number of carbonyl (C=O) groups excluding carboxylic acids is 1. The Morgan fingerprint density at radius 2 is 2.35 bits per heavy atom. The number of hydrogen-bond acceptors (Lipinski definition) is 4. The zero-order chi connectivity index (χ0) is 14.1. The summed E-state index contributed by atoms with van der Waals surface area (Å²) in [6.45, 7) is 0.634. The van der Waals surface area contributed by atoms with Crippen molar-refractivity contribution in [3.8, 4) is 11.4 Å². The van der Waals surface area contributed by atoms with Gasteiger partial charge in [0.1, 0.15) is 6.04 Å². The fourth-order valence-electron chi connectivity index (χ4n) is 2.40. The summed E-state index contributed by atoms with van der Waals surface area (Å²) in [6, 6.07) is 6.99. The predicted octanol–water partition coefficient (Wildman–Crippen LogP) is 2.71. The normalized spacial score (nSPS) is 18.4. The molecule has 1 aliphatic heterocycles. The number of aromatic nitrogens is 2. The first-order valence-corrected chi connectivity index (χ1v) is 7.10. The van der Waals surface area contributed by atoms with Crippen molar-refractivity contribution in [2.24, 2.45) is 5.73 Å². The third-order valence-corrected chi connectivity index (χ3v) is 3.84. The van der Waals surface area contributed by atoms with Crippen molar-refractivity contribution >= 4 is 22.0 Å². The van der Waals surface area contributed by atoms with E-state index in [0.717, 1.165) is 22.9 Å². The van der Waals surface area contributed by atoms with E-state index in [1.165, 1.54) is 0 Å². The second-order valence-corrected chi connectivity index (χ2v) is 5.57. The van der Waals surface area contributed by atoms with Gasteiger partial charge in [0.15, 0.2) is 0 Å². The van der Waals surface area contributed by atoms with Gasteiger partial charge in [0.05, 0.1) is 0 Å². The van der Waals surface area contributed by atoms with Crippen LogP contribution in [-0.4, -0.2) is 27.6 Å². The van der Waals surface area contributed by atoms with Gasteiger partial charge in [-0.25, -0.2) is 4.79 Å². The Morgan fingerprint density at radius 3 is 3.10 bits per heavy atom. The van der Waals surface area contributed by atoms with Crippen LogP contribution in [0.3, 0.4) is 0 Å². The molecule has 3 rings (SSSR count). The molecule has 1 aliphatic rings. The molecule has 104 valence electrons. The van der Waals surface area contributed by atoms with Crippen LogP contribution in [0.25, 0.3) is 11.4 Å². The molecule has 0 unspecified atom stereocenters. The number of amides is 2. The van der Waals surface area contributed by atoms with E-state index in [1.54, 1.807) is 4.90 Å². The van der Waals surface area contributed by atoms with Gasteiger partial charge in [0.25, 0.3) is 0 Å². The lowest BCUT2D eigenvalue weighted by Gasteiger charge is -2.18. The monoisotopic (exact) mass is 336 g/mol. The number of hydrogen-bond donors (Lipinski definition) is 1. The van der Waals surface area contributed by atoms with Crippen LogP contribution in [-0.2, 0) is 0 Å². The molecule has 2 amide bonds. The third-order valence-electron chi connectivity index (χ3n) is 3.35. The Hall–Kier alpha value is -1.89. The van der Waals surface area contributed by atoms with E-state index in [2.05, 4.69) is 26.1 Å². The summed E-state index contributed by atoms with van der Waals surface area (Å²) in [5.74, 6) is 0.953. The standard InChI is InChI=1S/C13H13BrN4O2/c14-9-4-1-3-8(7-9)11-16-12(20-17-11)10-5-2-6-18(10)13(15)19/h1,3-4,7,10H,2,5-6H2,(H2,15,19)/t10-/m1/s1. The highest BCUT2D eigenvalue weighted by molar-refractivity contribution is 9.10. The SMILES string of the molecule is NC(=O)N1CCC[C@@H]1c1nc(-c2cccc(Br)c2)no1. The van der Waals surface area contributed by atoms with Gasteiger partial charge in [-0.3, -0.25) is 0 Å². The molecule has 1 aromatic carbocycles. The van der Waals surface area contributed by atoms with Crippen LogP contribution in [0, 0.1) is 0 Å². The van der Waals surface area contributed by atoms with Gasteiger partial charge < -0.3 is 15.2 Å². The van der Waals surface area contributed by atoms with Crippen molar-refractivity contribution in [1.29, 1.82) is 0 Å². The predicted molar refractivity (Wildman–Crippen MR) is 75.7 cm³/mol. The topological polar surface area (TPSA) is 85.3 Å². The van der Waals surface area contributed by atoms with E-state index in [0.29, 0.717) is 18.3 Å². The molecule has 2 N–H and O–H groups in total. The Bertz CT molecular complexity index is 643. The first kappa shape index (κ1) is 13.1. The van der Waals surface area contributed by atoms with Crippen molar-refractivity contribution in [2.45, 2.75) is 18.9 Å². The highest BCUT2D eigenvalue weighted by Crippen LogP contribution is 2.31. The van der Waals surface area contributed by atoms with Gasteiger partial charge in [-0.1, -0.05) is 33.2 Å². The zero-order valence-electron chi connectivity index (χ0n) is 10.6.